The van der Waals surface area contributed by atoms with Gasteiger partial charge < -0.3 is 10.6 Å². The van der Waals surface area contributed by atoms with Gasteiger partial charge in [-0.3, -0.25) is 4.99 Å². The monoisotopic (exact) mass is 409 g/mol. The first-order chi connectivity index (χ1) is 13.0. The molecule has 1 fully saturated rings. The van der Waals surface area contributed by atoms with Crippen molar-refractivity contribution in [2.45, 2.75) is 25.4 Å². The van der Waals surface area contributed by atoms with Crippen LogP contribution in [-0.2, 0) is 0 Å². The second-order valence-electron chi connectivity index (χ2n) is 6.33. The minimum absolute atomic E-state index is 0.209. The van der Waals surface area contributed by atoms with Crippen LogP contribution < -0.4 is 5.73 Å². The molecule has 2 unspecified atom stereocenters. The van der Waals surface area contributed by atoms with Gasteiger partial charge in [-0.2, -0.15) is 4.37 Å². The van der Waals surface area contributed by atoms with Crippen molar-refractivity contribution >= 4 is 46.8 Å². The normalized spacial score (nSPS) is 20.4. The number of nitrogens with zero attached hydrogens (tertiary/aromatic N) is 4. The molecule has 0 amide bonds. The molecule has 8 heteroatoms. The molecule has 0 spiro atoms. The Morgan fingerprint density at radius 2 is 2.15 bits per heavy atom. The van der Waals surface area contributed by atoms with Crippen molar-refractivity contribution in [3.63, 3.8) is 0 Å². The summed E-state index contributed by atoms with van der Waals surface area (Å²) in [6.07, 6.45) is 1.50. The van der Waals surface area contributed by atoms with Crippen molar-refractivity contribution < 1.29 is 4.39 Å². The summed E-state index contributed by atoms with van der Waals surface area (Å²) in [7, 11) is 3.43. The Morgan fingerprint density at radius 3 is 2.74 bits per heavy atom. The van der Waals surface area contributed by atoms with Crippen molar-refractivity contribution in [2.75, 3.05) is 27.2 Å². The number of aryl methyl sites for hydroxylation is 1. The Hall–Kier alpha value is -1.67. The molecule has 0 saturated carbocycles. The predicted molar refractivity (Wildman–Crippen MR) is 115 cm³/mol. The first-order valence-electron chi connectivity index (χ1n) is 8.66. The summed E-state index contributed by atoms with van der Waals surface area (Å²) in [5.74, 6) is -0.209. The fourth-order valence-electron chi connectivity index (χ4n) is 3.07. The van der Waals surface area contributed by atoms with Crippen LogP contribution in [-0.4, -0.2) is 55.6 Å². The number of benzene rings is 1. The highest BCUT2D eigenvalue weighted by atomic mass is 35.5. The standard InChI is InChI=1S/C18H20ClFN4S.CH5N/c1-11-6-18(25-23-11)22-9-12-7-15(19)14(8-17(12)21-2)13-4-5-24(3)10-16(13)20;1-2/h6-9,13,16H,2,4-5,10H2,1,3H3;2H2,1H3/b22-9-;. The number of alkyl halides is 1. The van der Waals surface area contributed by atoms with Crippen molar-refractivity contribution in [1.82, 2.24) is 9.27 Å². The summed E-state index contributed by atoms with van der Waals surface area (Å²) in [5.41, 5.74) is 7.66. The molecule has 3 rings (SSSR count). The Bertz CT molecular complexity index is 807. The van der Waals surface area contributed by atoms with E-state index in [4.69, 9.17) is 11.6 Å². The SMILES string of the molecule is C=Nc1cc(C2CCN(C)CC2F)c(Cl)cc1/C=N\c1cc(C)ns1.CN. The molecule has 0 aliphatic carbocycles. The van der Waals surface area contributed by atoms with Crippen LogP contribution in [0, 0.1) is 6.92 Å². The quantitative estimate of drug-likeness (QED) is 0.755. The summed E-state index contributed by atoms with van der Waals surface area (Å²) < 4.78 is 18.7. The number of aromatic nitrogens is 1. The lowest BCUT2D eigenvalue weighted by Crippen LogP contribution is -2.38. The Labute approximate surface area is 168 Å². The first kappa shape index (κ1) is 21.6. The molecular formula is C19H25ClFN5S. The number of halogens is 2. The Balaban J connectivity index is 0.00000126. The minimum atomic E-state index is -0.936. The van der Waals surface area contributed by atoms with E-state index in [9.17, 15) is 4.39 Å². The molecule has 5 nitrogen and oxygen atoms in total. The molecule has 1 aliphatic heterocycles. The Morgan fingerprint density at radius 1 is 1.41 bits per heavy atom. The number of nitrogens with two attached hydrogens (primary N) is 1. The Kier molecular flexibility index (Phi) is 8.04. The summed E-state index contributed by atoms with van der Waals surface area (Å²) in [6, 6.07) is 5.55. The van der Waals surface area contributed by atoms with Gasteiger partial charge in [-0.15, -0.1) is 0 Å². The molecule has 1 aromatic carbocycles. The molecule has 1 aliphatic rings. The lowest BCUT2D eigenvalue weighted by Gasteiger charge is -2.33. The molecule has 0 radical (unpaired) electrons. The minimum Gasteiger partial charge on any atom is -0.333 e. The predicted octanol–water partition coefficient (Wildman–Crippen LogP) is 4.52. The summed E-state index contributed by atoms with van der Waals surface area (Å²) in [5, 5.41) is 1.36. The van der Waals surface area contributed by atoms with E-state index in [-0.39, 0.29) is 5.92 Å². The summed E-state index contributed by atoms with van der Waals surface area (Å²) >= 11 is 7.80. The van der Waals surface area contributed by atoms with Crippen LogP contribution in [0.4, 0.5) is 15.1 Å². The largest absolute Gasteiger partial charge is 0.333 e. The molecule has 1 saturated heterocycles. The van der Waals surface area contributed by atoms with Gasteiger partial charge in [0.2, 0.25) is 0 Å². The van der Waals surface area contributed by atoms with Crippen molar-refractivity contribution in [1.29, 1.82) is 0 Å². The van der Waals surface area contributed by atoms with E-state index >= 15 is 0 Å². The van der Waals surface area contributed by atoms with Crippen LogP contribution in [0.25, 0.3) is 0 Å². The lowest BCUT2D eigenvalue weighted by atomic mass is 9.87. The molecule has 2 N–H and O–H groups in total. The first-order valence-corrected chi connectivity index (χ1v) is 9.81. The number of rotatable bonds is 4. The van der Waals surface area contributed by atoms with E-state index in [1.165, 1.54) is 18.6 Å². The second-order valence-corrected chi connectivity index (χ2v) is 7.52. The average Bonchev–Trinajstić information content (AvgIpc) is 3.07. The van der Waals surface area contributed by atoms with Gasteiger partial charge in [-0.05, 0) is 76.0 Å². The molecule has 2 heterocycles. The van der Waals surface area contributed by atoms with Crippen LogP contribution in [0.3, 0.4) is 0 Å². The maximum atomic E-state index is 14.5. The van der Waals surface area contributed by atoms with Gasteiger partial charge in [0.15, 0.2) is 0 Å². The van der Waals surface area contributed by atoms with E-state index in [1.807, 2.05) is 31.0 Å². The molecule has 2 atom stereocenters. The van der Waals surface area contributed by atoms with Gasteiger partial charge in [-0.25, -0.2) is 9.38 Å². The zero-order chi connectivity index (χ0) is 20.0. The molecule has 2 aromatic rings. The highest BCUT2D eigenvalue weighted by Gasteiger charge is 2.30. The van der Waals surface area contributed by atoms with E-state index in [0.717, 1.165) is 34.8 Å². The molecule has 146 valence electrons. The molecular weight excluding hydrogens is 385 g/mol. The van der Waals surface area contributed by atoms with Crippen LogP contribution in [0.1, 0.15) is 29.2 Å². The van der Waals surface area contributed by atoms with Crippen LogP contribution in [0.5, 0.6) is 0 Å². The van der Waals surface area contributed by atoms with Crippen LogP contribution >= 0.6 is 23.1 Å². The molecule has 1 aromatic heterocycles. The third-order valence-electron chi connectivity index (χ3n) is 4.41. The second kappa shape index (κ2) is 10.0. The van der Waals surface area contributed by atoms with Crippen LogP contribution in [0.15, 0.2) is 28.2 Å². The van der Waals surface area contributed by atoms with E-state index < -0.39 is 6.17 Å². The number of hydrogen-bond acceptors (Lipinski definition) is 6. The summed E-state index contributed by atoms with van der Waals surface area (Å²) in [4.78, 5) is 10.5. The smallest absolute Gasteiger partial charge is 0.136 e. The van der Waals surface area contributed by atoms with E-state index in [0.29, 0.717) is 17.3 Å². The van der Waals surface area contributed by atoms with Crippen molar-refractivity contribution in [3.8, 4) is 0 Å². The van der Waals surface area contributed by atoms with E-state index in [1.54, 1.807) is 12.3 Å². The van der Waals surface area contributed by atoms with Crippen LogP contribution in [0.2, 0.25) is 5.02 Å². The number of hydrogen-bond donors (Lipinski definition) is 1. The van der Waals surface area contributed by atoms with Crippen molar-refractivity contribution in [3.05, 3.63) is 40.0 Å². The molecule has 0 bridgehead atoms. The zero-order valence-electron chi connectivity index (χ0n) is 15.8. The zero-order valence-corrected chi connectivity index (χ0v) is 17.4. The number of likely N-dealkylation sites (tertiary alicyclic amines) is 1. The topological polar surface area (TPSA) is 66.9 Å². The van der Waals surface area contributed by atoms with Gasteiger partial charge in [0.1, 0.15) is 11.2 Å². The van der Waals surface area contributed by atoms with Gasteiger partial charge in [0.05, 0.1) is 11.4 Å². The van der Waals surface area contributed by atoms with Gasteiger partial charge in [0.25, 0.3) is 0 Å². The number of aliphatic imine (C=N–C) groups is 2. The fourth-order valence-corrected chi connectivity index (χ4v) is 3.99. The van der Waals surface area contributed by atoms with Gasteiger partial charge in [-0.1, -0.05) is 11.6 Å². The van der Waals surface area contributed by atoms with Gasteiger partial charge in [0, 0.05) is 29.3 Å². The third-order valence-corrected chi connectivity index (χ3v) is 5.52. The maximum absolute atomic E-state index is 14.5. The molecule has 27 heavy (non-hydrogen) atoms. The lowest BCUT2D eigenvalue weighted by molar-refractivity contribution is 0.139. The summed E-state index contributed by atoms with van der Waals surface area (Å²) in [6.45, 7) is 6.83. The third kappa shape index (κ3) is 5.42. The maximum Gasteiger partial charge on any atom is 0.136 e. The van der Waals surface area contributed by atoms with Crippen molar-refractivity contribution in [2.24, 2.45) is 15.7 Å². The number of piperidine rings is 1. The average molecular weight is 410 g/mol. The van der Waals surface area contributed by atoms with E-state index in [2.05, 4.69) is 26.8 Å². The van der Waals surface area contributed by atoms with Gasteiger partial charge >= 0.3 is 0 Å². The fraction of sp³-hybridized carbons (Fsp3) is 0.421. The highest BCUT2D eigenvalue weighted by molar-refractivity contribution is 7.09. The highest BCUT2D eigenvalue weighted by Crippen LogP contribution is 2.38.